The van der Waals surface area contributed by atoms with Gasteiger partial charge in [0.05, 0.1) is 16.3 Å². The van der Waals surface area contributed by atoms with Crippen molar-refractivity contribution in [3.63, 3.8) is 0 Å². The number of anilines is 2. The molecule has 2 aromatic carbocycles. The number of carbonyl (C=O) groups is 3. The van der Waals surface area contributed by atoms with Crippen molar-refractivity contribution in [3.05, 3.63) is 58.1 Å². The van der Waals surface area contributed by atoms with Crippen molar-refractivity contribution in [2.24, 2.45) is 5.92 Å². The van der Waals surface area contributed by atoms with Crippen molar-refractivity contribution in [1.82, 2.24) is 0 Å². The molecule has 1 unspecified atom stereocenters. The summed E-state index contributed by atoms with van der Waals surface area (Å²) in [5.74, 6) is -1.21. The number of carbonyl (C=O) groups excluding carboxylic acids is 3. The molecule has 3 rings (SSSR count). The number of esters is 1. The number of halogens is 2. The maximum Gasteiger partial charge on any atom is 0.338 e. The normalized spacial score (nSPS) is 14.1. The van der Waals surface area contributed by atoms with Gasteiger partial charge in [0.2, 0.25) is 5.91 Å². The van der Waals surface area contributed by atoms with E-state index in [2.05, 4.69) is 10.6 Å². The zero-order valence-corrected chi connectivity index (χ0v) is 16.5. The first-order valence-electron chi connectivity index (χ1n) is 8.71. The summed E-state index contributed by atoms with van der Waals surface area (Å²) in [6, 6.07) is 11.0. The van der Waals surface area contributed by atoms with Gasteiger partial charge in [-0.3, -0.25) is 9.59 Å². The zero-order chi connectivity index (χ0) is 20.3. The number of benzene rings is 2. The summed E-state index contributed by atoms with van der Waals surface area (Å²) in [6.45, 7) is 1.45. The van der Waals surface area contributed by atoms with Gasteiger partial charge >= 0.3 is 5.97 Å². The second-order valence-corrected chi connectivity index (χ2v) is 7.35. The minimum atomic E-state index is -1.05. The number of hydrogen-bond donors (Lipinski definition) is 2. The van der Waals surface area contributed by atoms with Gasteiger partial charge in [0.1, 0.15) is 0 Å². The maximum absolute atomic E-state index is 12.3. The Kier molecular flexibility index (Phi) is 6.21. The van der Waals surface area contributed by atoms with E-state index in [1.165, 1.54) is 19.1 Å². The van der Waals surface area contributed by atoms with Crippen LogP contribution in [0.5, 0.6) is 0 Å². The highest BCUT2D eigenvalue weighted by Crippen LogP contribution is 2.30. The number of rotatable bonds is 6. The van der Waals surface area contributed by atoms with Crippen molar-refractivity contribution < 1.29 is 19.1 Å². The van der Waals surface area contributed by atoms with Gasteiger partial charge in [-0.1, -0.05) is 29.3 Å². The Balaban J connectivity index is 1.60. The molecule has 0 aromatic heterocycles. The van der Waals surface area contributed by atoms with Gasteiger partial charge in [-0.25, -0.2) is 4.79 Å². The lowest BCUT2D eigenvalue weighted by molar-refractivity contribution is -0.123. The Morgan fingerprint density at radius 3 is 2.50 bits per heavy atom. The van der Waals surface area contributed by atoms with Gasteiger partial charge < -0.3 is 15.4 Å². The fraction of sp³-hybridized carbons (Fsp3) is 0.250. The standard InChI is InChI=1S/C20H18Cl2N2O4/c1-11(18(25)24-17-8-7-14(21)10-16(17)22)28-20(27)13-3-2-4-15(9-13)23-19(26)12-5-6-12/h2-4,7-12H,5-6H2,1H3,(H,23,26)(H,24,25). The van der Waals surface area contributed by atoms with Crippen molar-refractivity contribution >= 4 is 52.4 Å². The predicted molar refractivity (Wildman–Crippen MR) is 108 cm³/mol. The molecule has 1 saturated carbocycles. The first kappa shape index (κ1) is 20.2. The van der Waals surface area contributed by atoms with Gasteiger partial charge in [-0.2, -0.15) is 0 Å². The average Bonchev–Trinajstić information content (AvgIpc) is 3.49. The van der Waals surface area contributed by atoms with Crippen LogP contribution in [0.1, 0.15) is 30.1 Å². The average molecular weight is 421 g/mol. The summed E-state index contributed by atoms with van der Waals surface area (Å²) in [5, 5.41) is 6.07. The highest BCUT2D eigenvalue weighted by atomic mass is 35.5. The van der Waals surface area contributed by atoms with Crippen LogP contribution in [-0.2, 0) is 14.3 Å². The first-order chi connectivity index (χ1) is 13.3. The third-order valence-corrected chi connectivity index (χ3v) is 4.70. The van der Waals surface area contributed by atoms with E-state index in [9.17, 15) is 14.4 Å². The molecule has 0 aliphatic heterocycles. The van der Waals surface area contributed by atoms with Crippen LogP contribution in [0.2, 0.25) is 10.0 Å². The first-order valence-corrected chi connectivity index (χ1v) is 9.47. The number of ether oxygens (including phenoxy) is 1. The largest absolute Gasteiger partial charge is 0.449 e. The molecule has 0 heterocycles. The molecule has 0 saturated heterocycles. The molecular formula is C20H18Cl2N2O4. The van der Waals surface area contributed by atoms with E-state index < -0.39 is 18.0 Å². The monoisotopic (exact) mass is 420 g/mol. The molecule has 8 heteroatoms. The van der Waals surface area contributed by atoms with E-state index in [1.807, 2.05) is 0 Å². The minimum absolute atomic E-state index is 0.0546. The van der Waals surface area contributed by atoms with Crippen LogP contribution in [0.15, 0.2) is 42.5 Å². The van der Waals surface area contributed by atoms with Crippen molar-refractivity contribution in [3.8, 4) is 0 Å². The fourth-order valence-corrected chi connectivity index (χ4v) is 2.88. The third-order valence-electron chi connectivity index (χ3n) is 4.16. The molecule has 2 aromatic rings. The third kappa shape index (κ3) is 5.24. The smallest absolute Gasteiger partial charge is 0.338 e. The second-order valence-electron chi connectivity index (χ2n) is 6.51. The van der Waals surface area contributed by atoms with Crippen molar-refractivity contribution in [2.75, 3.05) is 10.6 Å². The molecule has 146 valence electrons. The lowest BCUT2D eigenvalue weighted by Crippen LogP contribution is -2.30. The molecule has 0 spiro atoms. The second kappa shape index (κ2) is 8.63. The molecular weight excluding hydrogens is 403 g/mol. The molecule has 1 fully saturated rings. The fourth-order valence-electron chi connectivity index (χ4n) is 2.42. The maximum atomic E-state index is 12.3. The Labute approximate surface area is 172 Å². The van der Waals surface area contributed by atoms with Gasteiger partial charge in [-0.05, 0) is 56.2 Å². The van der Waals surface area contributed by atoms with E-state index in [-0.39, 0.29) is 22.4 Å². The molecule has 6 nitrogen and oxygen atoms in total. The lowest BCUT2D eigenvalue weighted by Gasteiger charge is -2.15. The lowest BCUT2D eigenvalue weighted by atomic mass is 10.2. The van der Waals surface area contributed by atoms with E-state index in [0.29, 0.717) is 16.4 Å². The van der Waals surface area contributed by atoms with E-state index in [1.54, 1.807) is 30.3 Å². The molecule has 1 atom stereocenters. The van der Waals surface area contributed by atoms with Crippen molar-refractivity contribution in [1.29, 1.82) is 0 Å². The minimum Gasteiger partial charge on any atom is -0.449 e. The molecule has 2 amide bonds. The van der Waals surface area contributed by atoms with Crippen molar-refractivity contribution in [2.45, 2.75) is 25.9 Å². The molecule has 0 radical (unpaired) electrons. The summed E-state index contributed by atoms with van der Waals surface area (Å²) < 4.78 is 5.22. The topological polar surface area (TPSA) is 84.5 Å². The Bertz CT molecular complexity index is 928. The SMILES string of the molecule is CC(OC(=O)c1cccc(NC(=O)C2CC2)c1)C(=O)Nc1ccc(Cl)cc1Cl. The summed E-state index contributed by atoms with van der Waals surface area (Å²) >= 11 is 11.8. The highest BCUT2D eigenvalue weighted by molar-refractivity contribution is 6.36. The van der Waals surface area contributed by atoms with Crippen LogP contribution < -0.4 is 10.6 Å². The molecule has 28 heavy (non-hydrogen) atoms. The van der Waals surface area contributed by atoms with Crippen LogP contribution >= 0.6 is 23.2 Å². The van der Waals surface area contributed by atoms with Gasteiger partial charge in [-0.15, -0.1) is 0 Å². The summed E-state index contributed by atoms with van der Waals surface area (Å²) in [6.07, 6.45) is 0.722. The molecule has 1 aliphatic rings. The van der Waals surface area contributed by atoms with Crippen LogP contribution in [0.25, 0.3) is 0 Å². The number of nitrogens with one attached hydrogen (secondary N) is 2. The van der Waals surface area contributed by atoms with Crippen LogP contribution in [-0.4, -0.2) is 23.9 Å². The Morgan fingerprint density at radius 2 is 1.82 bits per heavy atom. The van der Waals surface area contributed by atoms with E-state index in [0.717, 1.165) is 12.8 Å². The summed E-state index contributed by atoms with van der Waals surface area (Å²) in [5.41, 5.74) is 1.11. The highest BCUT2D eigenvalue weighted by Gasteiger charge is 2.29. The number of hydrogen-bond acceptors (Lipinski definition) is 4. The van der Waals surface area contributed by atoms with Crippen LogP contribution in [0.3, 0.4) is 0 Å². The van der Waals surface area contributed by atoms with Crippen LogP contribution in [0.4, 0.5) is 11.4 Å². The van der Waals surface area contributed by atoms with Gasteiger partial charge in [0.15, 0.2) is 6.10 Å². The predicted octanol–water partition coefficient (Wildman–Crippen LogP) is 4.53. The van der Waals surface area contributed by atoms with E-state index >= 15 is 0 Å². The zero-order valence-electron chi connectivity index (χ0n) is 15.0. The van der Waals surface area contributed by atoms with Gasteiger partial charge in [0.25, 0.3) is 5.91 Å². The van der Waals surface area contributed by atoms with Gasteiger partial charge in [0, 0.05) is 16.6 Å². The molecule has 1 aliphatic carbocycles. The number of amides is 2. The summed E-state index contributed by atoms with van der Waals surface area (Å²) in [7, 11) is 0. The van der Waals surface area contributed by atoms with E-state index in [4.69, 9.17) is 27.9 Å². The Morgan fingerprint density at radius 1 is 1.07 bits per heavy atom. The molecule has 0 bridgehead atoms. The van der Waals surface area contributed by atoms with Crippen LogP contribution in [0, 0.1) is 5.92 Å². The quantitative estimate of drug-likeness (QED) is 0.672. The Hall–Kier alpha value is -2.57. The summed E-state index contributed by atoms with van der Waals surface area (Å²) in [4.78, 5) is 36.5. The molecule has 2 N–H and O–H groups in total.